The minimum Gasteiger partial charge on any atom is -0.349 e. The lowest BCUT2D eigenvalue weighted by Crippen LogP contribution is -2.20. The molecule has 0 aliphatic rings. The Hall–Kier alpha value is -2.43. The molecular formula is C12H12N2O3. The van der Waals surface area contributed by atoms with Crippen LogP contribution in [0, 0.1) is 10.1 Å². The van der Waals surface area contributed by atoms with E-state index < -0.39 is 4.92 Å². The monoisotopic (exact) mass is 232 g/mol. The predicted octanol–water partition coefficient (Wildman–Crippen LogP) is 1.91. The van der Waals surface area contributed by atoms with Crippen molar-refractivity contribution in [1.29, 1.82) is 0 Å². The van der Waals surface area contributed by atoms with E-state index in [2.05, 4.69) is 11.9 Å². The number of hydrogen-bond acceptors (Lipinski definition) is 3. The molecule has 17 heavy (non-hydrogen) atoms. The lowest BCUT2D eigenvalue weighted by Gasteiger charge is -1.96. The molecule has 0 aromatic heterocycles. The zero-order valence-electron chi connectivity index (χ0n) is 9.13. The topological polar surface area (TPSA) is 72.2 Å². The SMILES string of the molecule is C=CCNC(=O)C=Cc1ccc([N+](=O)[O-])cc1. The maximum Gasteiger partial charge on any atom is 0.269 e. The summed E-state index contributed by atoms with van der Waals surface area (Å²) in [6.45, 7) is 3.88. The zero-order valence-corrected chi connectivity index (χ0v) is 9.13. The number of benzene rings is 1. The summed E-state index contributed by atoms with van der Waals surface area (Å²) in [5.41, 5.74) is 0.752. The number of amides is 1. The highest BCUT2D eigenvalue weighted by Crippen LogP contribution is 2.12. The van der Waals surface area contributed by atoms with Crippen LogP contribution in [0.4, 0.5) is 5.69 Å². The molecule has 0 aliphatic heterocycles. The molecule has 1 aromatic rings. The summed E-state index contributed by atoms with van der Waals surface area (Å²) < 4.78 is 0. The molecule has 0 bridgehead atoms. The van der Waals surface area contributed by atoms with Crippen LogP contribution in [0.3, 0.4) is 0 Å². The first kappa shape index (κ1) is 12.6. The minimum absolute atomic E-state index is 0.0262. The third kappa shape index (κ3) is 4.29. The second-order valence-electron chi connectivity index (χ2n) is 3.22. The summed E-state index contributed by atoms with van der Waals surface area (Å²) >= 11 is 0. The van der Waals surface area contributed by atoms with Crippen LogP contribution in [0.1, 0.15) is 5.56 Å². The van der Waals surface area contributed by atoms with Crippen molar-refractivity contribution < 1.29 is 9.72 Å². The molecule has 0 unspecified atom stereocenters. The fraction of sp³-hybridized carbons (Fsp3) is 0.0833. The van der Waals surface area contributed by atoms with Gasteiger partial charge in [0.2, 0.25) is 5.91 Å². The van der Waals surface area contributed by atoms with E-state index in [9.17, 15) is 14.9 Å². The molecule has 0 saturated heterocycles. The zero-order chi connectivity index (χ0) is 12.7. The van der Waals surface area contributed by atoms with E-state index in [-0.39, 0.29) is 11.6 Å². The van der Waals surface area contributed by atoms with Gasteiger partial charge in [-0.1, -0.05) is 6.08 Å². The van der Waals surface area contributed by atoms with Gasteiger partial charge in [-0.05, 0) is 23.8 Å². The number of non-ortho nitro benzene ring substituents is 1. The number of nitro benzene ring substituents is 1. The van der Waals surface area contributed by atoms with Crippen molar-refractivity contribution >= 4 is 17.7 Å². The Kier molecular flexibility index (Phi) is 4.62. The molecule has 0 atom stereocenters. The molecule has 0 heterocycles. The van der Waals surface area contributed by atoms with Gasteiger partial charge in [0, 0.05) is 24.8 Å². The number of carbonyl (C=O) groups excluding carboxylic acids is 1. The second kappa shape index (κ2) is 6.22. The first-order valence-corrected chi connectivity index (χ1v) is 4.94. The van der Waals surface area contributed by atoms with Crippen molar-refractivity contribution in [3.8, 4) is 0 Å². The van der Waals surface area contributed by atoms with Gasteiger partial charge < -0.3 is 5.32 Å². The van der Waals surface area contributed by atoms with Crippen LogP contribution in [-0.4, -0.2) is 17.4 Å². The van der Waals surface area contributed by atoms with Crippen LogP contribution in [-0.2, 0) is 4.79 Å². The van der Waals surface area contributed by atoms with E-state index in [0.717, 1.165) is 5.56 Å². The van der Waals surface area contributed by atoms with Crippen LogP contribution >= 0.6 is 0 Å². The predicted molar refractivity (Wildman–Crippen MR) is 65.3 cm³/mol. The Morgan fingerprint density at radius 3 is 2.59 bits per heavy atom. The number of nitrogens with one attached hydrogen (secondary N) is 1. The molecule has 0 radical (unpaired) electrons. The molecule has 0 fully saturated rings. The average molecular weight is 232 g/mol. The smallest absolute Gasteiger partial charge is 0.269 e. The largest absolute Gasteiger partial charge is 0.349 e. The normalized spacial score (nSPS) is 10.1. The van der Waals surface area contributed by atoms with Crippen molar-refractivity contribution in [2.45, 2.75) is 0 Å². The first-order chi connectivity index (χ1) is 8.13. The number of carbonyl (C=O) groups is 1. The van der Waals surface area contributed by atoms with Gasteiger partial charge in [0.05, 0.1) is 4.92 Å². The van der Waals surface area contributed by atoms with Crippen LogP contribution < -0.4 is 5.32 Å². The molecule has 0 aliphatic carbocycles. The molecule has 0 saturated carbocycles. The summed E-state index contributed by atoms with van der Waals surface area (Å²) in [6, 6.07) is 5.94. The van der Waals surface area contributed by atoms with Gasteiger partial charge in [-0.2, -0.15) is 0 Å². The Balaban J connectivity index is 2.62. The van der Waals surface area contributed by atoms with Gasteiger partial charge in [0.15, 0.2) is 0 Å². The van der Waals surface area contributed by atoms with Crippen LogP contribution in [0.15, 0.2) is 43.0 Å². The third-order valence-electron chi connectivity index (χ3n) is 1.95. The van der Waals surface area contributed by atoms with Crippen LogP contribution in [0.5, 0.6) is 0 Å². The Morgan fingerprint density at radius 1 is 1.41 bits per heavy atom. The Bertz CT molecular complexity index is 449. The fourth-order valence-corrected chi connectivity index (χ4v) is 1.11. The van der Waals surface area contributed by atoms with E-state index in [1.54, 1.807) is 24.3 Å². The fourth-order valence-electron chi connectivity index (χ4n) is 1.11. The molecule has 1 aromatic carbocycles. The molecule has 5 nitrogen and oxygen atoms in total. The lowest BCUT2D eigenvalue weighted by atomic mass is 10.2. The summed E-state index contributed by atoms with van der Waals surface area (Å²) in [5, 5.41) is 13.0. The van der Waals surface area contributed by atoms with Crippen LogP contribution in [0.25, 0.3) is 6.08 Å². The van der Waals surface area contributed by atoms with Crippen molar-refractivity contribution in [3.05, 3.63) is 58.7 Å². The number of nitro groups is 1. The molecular weight excluding hydrogens is 220 g/mol. The number of rotatable bonds is 5. The number of nitrogens with zero attached hydrogens (tertiary/aromatic N) is 1. The maximum atomic E-state index is 11.2. The van der Waals surface area contributed by atoms with E-state index >= 15 is 0 Å². The summed E-state index contributed by atoms with van der Waals surface area (Å²) in [4.78, 5) is 21.1. The molecule has 88 valence electrons. The van der Waals surface area contributed by atoms with Gasteiger partial charge in [0.1, 0.15) is 0 Å². The Labute approximate surface area is 98.6 Å². The van der Waals surface area contributed by atoms with Gasteiger partial charge in [0.25, 0.3) is 5.69 Å². The first-order valence-electron chi connectivity index (χ1n) is 4.94. The van der Waals surface area contributed by atoms with Gasteiger partial charge in [-0.15, -0.1) is 6.58 Å². The van der Waals surface area contributed by atoms with E-state index in [0.29, 0.717) is 6.54 Å². The highest BCUT2D eigenvalue weighted by molar-refractivity contribution is 5.91. The van der Waals surface area contributed by atoms with Crippen molar-refractivity contribution in [3.63, 3.8) is 0 Å². The lowest BCUT2D eigenvalue weighted by molar-refractivity contribution is -0.384. The van der Waals surface area contributed by atoms with Gasteiger partial charge >= 0.3 is 0 Å². The molecule has 1 N–H and O–H groups in total. The Morgan fingerprint density at radius 2 is 2.06 bits per heavy atom. The third-order valence-corrected chi connectivity index (χ3v) is 1.95. The molecule has 1 amide bonds. The quantitative estimate of drug-likeness (QED) is 0.365. The van der Waals surface area contributed by atoms with Crippen LogP contribution in [0.2, 0.25) is 0 Å². The summed E-state index contributed by atoms with van der Waals surface area (Å²) in [5.74, 6) is -0.233. The van der Waals surface area contributed by atoms with Crippen molar-refractivity contribution in [1.82, 2.24) is 5.32 Å². The van der Waals surface area contributed by atoms with Crippen molar-refractivity contribution in [2.75, 3.05) is 6.54 Å². The van der Waals surface area contributed by atoms with E-state index in [4.69, 9.17) is 0 Å². The van der Waals surface area contributed by atoms with Crippen molar-refractivity contribution in [2.24, 2.45) is 0 Å². The minimum atomic E-state index is -0.468. The summed E-state index contributed by atoms with van der Waals surface area (Å²) in [6.07, 6.45) is 4.53. The van der Waals surface area contributed by atoms with E-state index in [1.807, 2.05) is 0 Å². The standard InChI is InChI=1S/C12H12N2O3/c1-2-9-13-12(15)8-5-10-3-6-11(7-4-10)14(16)17/h2-8H,1,9H2,(H,13,15). The maximum absolute atomic E-state index is 11.2. The van der Waals surface area contributed by atoms with E-state index in [1.165, 1.54) is 18.2 Å². The highest BCUT2D eigenvalue weighted by atomic mass is 16.6. The number of hydrogen-bond donors (Lipinski definition) is 1. The summed E-state index contributed by atoms with van der Waals surface area (Å²) in [7, 11) is 0. The van der Waals surface area contributed by atoms with Gasteiger partial charge in [-0.25, -0.2) is 0 Å². The highest BCUT2D eigenvalue weighted by Gasteiger charge is 2.02. The molecule has 0 spiro atoms. The van der Waals surface area contributed by atoms with Gasteiger partial charge in [-0.3, -0.25) is 14.9 Å². The average Bonchev–Trinajstić information content (AvgIpc) is 2.34. The molecule has 1 rings (SSSR count). The second-order valence-corrected chi connectivity index (χ2v) is 3.22. The molecule has 5 heteroatoms.